The zero-order valence-electron chi connectivity index (χ0n) is 15.6. The van der Waals surface area contributed by atoms with Crippen LogP contribution in [0.3, 0.4) is 0 Å². The maximum atomic E-state index is 12.9. The number of sulfonamides is 1. The molecule has 0 atom stereocenters. The SMILES string of the molecule is C=CCN(CC(=O)NCc1ccccc1)S(=O)(=O)c1ccc(NC(C)=O)cc1. The zero-order chi connectivity index (χ0) is 20.6. The quantitative estimate of drug-likeness (QED) is 0.629. The molecule has 0 saturated heterocycles. The number of benzene rings is 2. The highest BCUT2D eigenvalue weighted by molar-refractivity contribution is 7.89. The molecule has 2 aromatic carbocycles. The number of hydrogen-bond acceptors (Lipinski definition) is 4. The summed E-state index contributed by atoms with van der Waals surface area (Å²) in [5.41, 5.74) is 1.41. The van der Waals surface area contributed by atoms with Crippen molar-refractivity contribution in [3.63, 3.8) is 0 Å². The van der Waals surface area contributed by atoms with Gasteiger partial charge in [-0.2, -0.15) is 4.31 Å². The Balaban J connectivity index is 2.08. The molecule has 0 bridgehead atoms. The summed E-state index contributed by atoms with van der Waals surface area (Å²) in [5, 5.41) is 5.29. The average Bonchev–Trinajstić information content (AvgIpc) is 2.67. The van der Waals surface area contributed by atoms with Crippen molar-refractivity contribution in [1.82, 2.24) is 9.62 Å². The van der Waals surface area contributed by atoms with Crippen LogP contribution >= 0.6 is 0 Å². The van der Waals surface area contributed by atoms with Gasteiger partial charge in [0.25, 0.3) is 0 Å². The molecule has 0 heterocycles. The molecule has 0 aliphatic heterocycles. The van der Waals surface area contributed by atoms with Crippen LogP contribution in [0.4, 0.5) is 5.69 Å². The lowest BCUT2D eigenvalue weighted by Crippen LogP contribution is -2.40. The lowest BCUT2D eigenvalue weighted by Gasteiger charge is -2.20. The maximum absolute atomic E-state index is 12.9. The van der Waals surface area contributed by atoms with E-state index in [0.717, 1.165) is 9.87 Å². The van der Waals surface area contributed by atoms with Gasteiger partial charge in [0.05, 0.1) is 11.4 Å². The third-order valence-electron chi connectivity index (χ3n) is 3.80. The van der Waals surface area contributed by atoms with Gasteiger partial charge in [-0.15, -0.1) is 6.58 Å². The van der Waals surface area contributed by atoms with E-state index in [0.29, 0.717) is 12.2 Å². The molecule has 2 amide bonds. The van der Waals surface area contributed by atoms with Crippen molar-refractivity contribution in [2.75, 3.05) is 18.4 Å². The zero-order valence-corrected chi connectivity index (χ0v) is 16.4. The summed E-state index contributed by atoms with van der Waals surface area (Å²) in [6, 6.07) is 15.1. The van der Waals surface area contributed by atoms with Crippen LogP contribution < -0.4 is 10.6 Å². The summed E-state index contributed by atoms with van der Waals surface area (Å²) in [7, 11) is -3.90. The molecule has 0 radical (unpaired) electrons. The molecule has 2 N–H and O–H groups in total. The Bertz CT molecular complexity index is 926. The van der Waals surface area contributed by atoms with Gasteiger partial charge in [-0.25, -0.2) is 8.42 Å². The number of rotatable bonds is 9. The van der Waals surface area contributed by atoms with E-state index in [4.69, 9.17) is 0 Å². The fourth-order valence-corrected chi connectivity index (χ4v) is 3.83. The summed E-state index contributed by atoms with van der Waals surface area (Å²) in [6.07, 6.45) is 1.42. The van der Waals surface area contributed by atoms with Gasteiger partial charge in [0.2, 0.25) is 21.8 Å². The van der Waals surface area contributed by atoms with Crippen LogP contribution in [-0.2, 0) is 26.2 Å². The molecule has 0 fully saturated rings. The Hall–Kier alpha value is -2.97. The van der Waals surface area contributed by atoms with E-state index in [1.807, 2.05) is 30.3 Å². The average molecular weight is 401 g/mol. The second kappa shape index (κ2) is 9.82. The number of amides is 2. The molecule has 0 aliphatic carbocycles. The third-order valence-corrected chi connectivity index (χ3v) is 5.62. The first kappa shape index (κ1) is 21.3. The minimum atomic E-state index is -3.90. The van der Waals surface area contributed by atoms with Crippen LogP contribution in [-0.4, -0.2) is 37.6 Å². The van der Waals surface area contributed by atoms with Gasteiger partial charge in [0, 0.05) is 25.7 Å². The van der Waals surface area contributed by atoms with Crippen molar-refractivity contribution in [2.45, 2.75) is 18.4 Å². The minimum absolute atomic E-state index is 0.00542. The molecule has 0 aromatic heterocycles. The highest BCUT2D eigenvalue weighted by Gasteiger charge is 2.25. The fourth-order valence-electron chi connectivity index (χ4n) is 2.47. The molecule has 8 heteroatoms. The predicted octanol–water partition coefficient (Wildman–Crippen LogP) is 2.14. The van der Waals surface area contributed by atoms with Crippen molar-refractivity contribution >= 4 is 27.5 Å². The highest BCUT2D eigenvalue weighted by atomic mass is 32.2. The summed E-state index contributed by atoms with van der Waals surface area (Å²) in [6.45, 7) is 4.92. The van der Waals surface area contributed by atoms with Gasteiger partial charge in [-0.1, -0.05) is 36.4 Å². The lowest BCUT2D eigenvalue weighted by molar-refractivity contribution is -0.121. The molecule has 148 valence electrons. The van der Waals surface area contributed by atoms with E-state index >= 15 is 0 Å². The van der Waals surface area contributed by atoms with E-state index in [9.17, 15) is 18.0 Å². The Labute approximate surface area is 165 Å². The van der Waals surface area contributed by atoms with Crippen LogP contribution in [0.5, 0.6) is 0 Å². The van der Waals surface area contributed by atoms with Gasteiger partial charge in [-0.3, -0.25) is 9.59 Å². The first-order valence-corrected chi connectivity index (χ1v) is 10.1. The Morgan fingerprint density at radius 1 is 1.07 bits per heavy atom. The second-order valence-corrected chi connectivity index (χ2v) is 7.99. The van der Waals surface area contributed by atoms with E-state index in [-0.39, 0.29) is 23.9 Å². The minimum Gasteiger partial charge on any atom is -0.351 e. The van der Waals surface area contributed by atoms with E-state index < -0.39 is 15.9 Å². The Morgan fingerprint density at radius 3 is 2.29 bits per heavy atom. The Morgan fingerprint density at radius 2 is 1.71 bits per heavy atom. The number of hydrogen-bond donors (Lipinski definition) is 2. The molecule has 28 heavy (non-hydrogen) atoms. The summed E-state index contributed by atoms with van der Waals surface area (Å²) >= 11 is 0. The van der Waals surface area contributed by atoms with Gasteiger partial charge in [0.15, 0.2) is 0 Å². The van der Waals surface area contributed by atoms with Gasteiger partial charge in [-0.05, 0) is 29.8 Å². The molecular weight excluding hydrogens is 378 g/mol. The topological polar surface area (TPSA) is 95.6 Å². The summed E-state index contributed by atoms with van der Waals surface area (Å²) in [5.74, 6) is -0.664. The van der Waals surface area contributed by atoms with Crippen molar-refractivity contribution in [2.24, 2.45) is 0 Å². The first-order chi connectivity index (χ1) is 13.3. The lowest BCUT2D eigenvalue weighted by atomic mass is 10.2. The van der Waals surface area contributed by atoms with Crippen molar-refractivity contribution in [3.05, 3.63) is 72.8 Å². The van der Waals surface area contributed by atoms with Gasteiger partial charge < -0.3 is 10.6 Å². The number of nitrogens with one attached hydrogen (secondary N) is 2. The van der Waals surface area contributed by atoms with Crippen LogP contribution in [0.25, 0.3) is 0 Å². The molecule has 2 rings (SSSR count). The van der Waals surface area contributed by atoms with Gasteiger partial charge in [0.1, 0.15) is 0 Å². The van der Waals surface area contributed by atoms with Crippen LogP contribution in [0.2, 0.25) is 0 Å². The molecule has 2 aromatic rings. The number of carbonyl (C=O) groups excluding carboxylic acids is 2. The van der Waals surface area contributed by atoms with Gasteiger partial charge >= 0.3 is 0 Å². The molecule has 0 unspecified atom stereocenters. The monoisotopic (exact) mass is 401 g/mol. The van der Waals surface area contributed by atoms with E-state index in [1.54, 1.807) is 0 Å². The second-order valence-electron chi connectivity index (χ2n) is 6.05. The van der Waals surface area contributed by atoms with Crippen molar-refractivity contribution in [1.29, 1.82) is 0 Å². The van der Waals surface area contributed by atoms with Crippen LogP contribution in [0.1, 0.15) is 12.5 Å². The van der Waals surface area contributed by atoms with E-state index in [1.165, 1.54) is 37.3 Å². The number of nitrogens with zero attached hydrogens (tertiary/aromatic N) is 1. The molecule has 0 spiro atoms. The fraction of sp³-hybridized carbons (Fsp3) is 0.200. The van der Waals surface area contributed by atoms with E-state index in [2.05, 4.69) is 17.2 Å². The standard InChI is InChI=1S/C20H23N3O4S/c1-3-13-23(15-20(25)21-14-17-7-5-4-6-8-17)28(26,27)19-11-9-18(10-12-19)22-16(2)24/h3-12H,1,13-15H2,2H3,(H,21,25)(H,22,24). The summed E-state index contributed by atoms with van der Waals surface area (Å²) in [4.78, 5) is 23.4. The molecular formula is C20H23N3O4S. The molecule has 7 nitrogen and oxygen atoms in total. The largest absolute Gasteiger partial charge is 0.351 e. The highest BCUT2D eigenvalue weighted by Crippen LogP contribution is 2.18. The smallest absolute Gasteiger partial charge is 0.243 e. The molecule has 0 aliphatic rings. The first-order valence-electron chi connectivity index (χ1n) is 8.62. The van der Waals surface area contributed by atoms with Crippen LogP contribution in [0.15, 0.2) is 72.1 Å². The third kappa shape index (κ3) is 6.04. The van der Waals surface area contributed by atoms with Crippen molar-refractivity contribution < 1.29 is 18.0 Å². The van der Waals surface area contributed by atoms with Crippen molar-refractivity contribution in [3.8, 4) is 0 Å². The summed E-state index contributed by atoms with van der Waals surface area (Å²) < 4.78 is 26.8. The Kier molecular flexibility index (Phi) is 7.48. The predicted molar refractivity (Wildman–Crippen MR) is 108 cm³/mol. The molecule has 0 saturated carbocycles. The number of anilines is 1. The van der Waals surface area contributed by atoms with Crippen LogP contribution in [0, 0.1) is 0 Å². The number of carbonyl (C=O) groups is 2. The normalized spacial score (nSPS) is 11.1. The maximum Gasteiger partial charge on any atom is 0.243 e.